The molecule has 1 radical (unpaired) electrons. The summed E-state index contributed by atoms with van der Waals surface area (Å²) < 4.78 is 0. The van der Waals surface area contributed by atoms with E-state index in [-0.39, 0.29) is 47.2 Å². The molecule has 33 valence electrons. The van der Waals surface area contributed by atoms with Crippen LogP contribution in [-0.4, -0.2) is 11.6 Å². The van der Waals surface area contributed by atoms with Crippen LogP contribution in [0.1, 0.15) is 0 Å². The minimum Gasteiger partial charge on any atom is -0.870 e. The molecule has 6 heavy (non-hydrogen) atoms. The molecule has 0 saturated heterocycles. The largest absolute Gasteiger partial charge is 3.00 e. The molecule has 0 fully saturated rings. The predicted octanol–water partition coefficient (Wildman–Crippen LogP) is -2.62. The van der Waals surface area contributed by atoms with Gasteiger partial charge in [0.15, 0.2) is 0 Å². The molecule has 0 heterocycles. The number of hydrogen-bond acceptors (Lipinski definition) is 4. The number of carbonyl (C=O) groups is 1. The summed E-state index contributed by atoms with van der Waals surface area (Å²) in [5.74, 6) is 0. The van der Waals surface area contributed by atoms with Gasteiger partial charge in [0.05, 0.1) is 0 Å². The maximum absolute atomic E-state index is 8.33. The molecule has 0 amide bonds. The van der Waals surface area contributed by atoms with Gasteiger partial charge >= 0.3 is 41.7 Å². The minimum atomic E-state index is -2.33. The summed E-state index contributed by atoms with van der Waals surface area (Å²) >= 11 is 0. The van der Waals surface area contributed by atoms with Crippen LogP contribution in [-0.2, 0) is 0 Å². The number of carbonyl (C=O) groups excluding carboxylic acids is 1. The van der Waals surface area contributed by atoms with Gasteiger partial charge in [-0.15, -0.1) is 0 Å². The monoisotopic (exact) mass is 217 g/mol. The van der Waals surface area contributed by atoms with Crippen molar-refractivity contribution in [2.45, 2.75) is 0 Å². The van der Waals surface area contributed by atoms with Gasteiger partial charge in [0, 0.05) is 0 Å². The van der Waals surface area contributed by atoms with Crippen molar-refractivity contribution in [1.82, 2.24) is 0 Å². The van der Waals surface area contributed by atoms with Crippen LogP contribution in [0.5, 0.6) is 0 Å². The second kappa shape index (κ2) is 9.15. The number of rotatable bonds is 0. The Kier molecular flexibility index (Phi) is 24.3. The van der Waals surface area contributed by atoms with Crippen LogP contribution in [0.25, 0.3) is 0 Å². The van der Waals surface area contributed by atoms with Gasteiger partial charge in [0.2, 0.25) is 0 Å². The van der Waals surface area contributed by atoms with E-state index in [4.69, 9.17) is 15.0 Å². The third-order valence-corrected chi connectivity index (χ3v) is 0. The van der Waals surface area contributed by atoms with Gasteiger partial charge in [-0.1, -0.05) is 0 Å². The van der Waals surface area contributed by atoms with E-state index < -0.39 is 6.16 Å². The van der Waals surface area contributed by atoms with Crippen molar-refractivity contribution < 1.29 is 62.2 Å². The first-order valence-electron chi connectivity index (χ1n) is 0.612. The summed E-state index contributed by atoms with van der Waals surface area (Å²) in [5.41, 5.74) is 0. The molecule has 0 aromatic heterocycles. The fourth-order valence-corrected chi connectivity index (χ4v) is 0. The average Bonchev–Trinajstić information content (AvgIpc) is 0.811. The zero-order valence-electron chi connectivity index (χ0n) is 2.67. The van der Waals surface area contributed by atoms with E-state index in [1.54, 1.807) is 0 Å². The Labute approximate surface area is 67.9 Å². The van der Waals surface area contributed by atoms with Crippen LogP contribution >= 0.6 is 0 Å². The van der Waals surface area contributed by atoms with Gasteiger partial charge in [-0.05, 0) is 6.16 Å². The van der Waals surface area contributed by atoms with Crippen molar-refractivity contribution >= 4 is 6.16 Å². The quantitative estimate of drug-likeness (QED) is 0.444. The topological polar surface area (TPSA) is 93.2 Å². The summed E-state index contributed by atoms with van der Waals surface area (Å²) in [6.07, 6.45) is -2.33. The zero-order valence-corrected chi connectivity index (χ0v) is 5.81. The Hall–Kier alpha value is 0.607. The molecule has 0 unspecified atom stereocenters. The molecule has 0 aliphatic rings. The smallest absolute Gasteiger partial charge is 0.870 e. The van der Waals surface area contributed by atoms with Gasteiger partial charge in [0.1, 0.15) is 0 Å². The van der Waals surface area contributed by atoms with E-state index in [2.05, 4.69) is 0 Å². The Bertz CT molecular complexity index is 30.5. The molecular formula is CHCeO4. The molecule has 0 aliphatic carbocycles. The molecule has 5 heteroatoms. The first-order chi connectivity index (χ1) is 1.73. The molecule has 0 bridgehead atoms. The summed E-state index contributed by atoms with van der Waals surface area (Å²) in [6, 6.07) is 0. The Morgan fingerprint density at radius 3 is 1.33 bits per heavy atom. The van der Waals surface area contributed by atoms with E-state index in [0.717, 1.165) is 0 Å². The van der Waals surface area contributed by atoms with Gasteiger partial charge in [-0.2, -0.15) is 0 Å². The molecule has 0 saturated carbocycles. The van der Waals surface area contributed by atoms with Crippen molar-refractivity contribution in [3.8, 4) is 0 Å². The maximum atomic E-state index is 8.33. The van der Waals surface area contributed by atoms with Crippen LogP contribution in [0.3, 0.4) is 0 Å². The molecule has 0 aromatic carbocycles. The van der Waals surface area contributed by atoms with Gasteiger partial charge in [-0.3, -0.25) is 0 Å². The first kappa shape index (κ1) is 16.0. The molecule has 1 N–H and O–H groups in total. The first-order valence-corrected chi connectivity index (χ1v) is 0.612. The van der Waals surface area contributed by atoms with Crippen LogP contribution in [0, 0.1) is 41.7 Å². The molecule has 0 rings (SSSR count). The van der Waals surface area contributed by atoms with Crippen molar-refractivity contribution in [1.29, 1.82) is 0 Å². The summed E-state index contributed by atoms with van der Waals surface area (Å²) in [6.45, 7) is 0. The van der Waals surface area contributed by atoms with Crippen LogP contribution < -0.4 is 10.2 Å². The summed E-state index contributed by atoms with van der Waals surface area (Å²) in [5, 5.41) is 16.7. The summed E-state index contributed by atoms with van der Waals surface area (Å²) in [7, 11) is 0. The second-order valence-corrected chi connectivity index (χ2v) is 0.250. The van der Waals surface area contributed by atoms with Crippen LogP contribution in [0.2, 0.25) is 0 Å². The SMILES string of the molecule is O=C([O-])[O-].[Ce+3].[OH-]. The normalized spacial score (nSPS) is 4.00. The average molecular weight is 217 g/mol. The Balaban J connectivity index is -0.0000000450. The van der Waals surface area contributed by atoms with E-state index in [0.29, 0.717) is 0 Å². The Morgan fingerprint density at radius 1 is 1.33 bits per heavy atom. The third-order valence-electron chi connectivity index (χ3n) is 0. The van der Waals surface area contributed by atoms with Crippen LogP contribution in [0.4, 0.5) is 4.79 Å². The molecule has 4 nitrogen and oxygen atoms in total. The van der Waals surface area contributed by atoms with E-state index in [9.17, 15) is 0 Å². The van der Waals surface area contributed by atoms with Gasteiger partial charge < -0.3 is 20.5 Å². The number of carboxylic acid groups (broad SMARTS) is 2. The fourth-order valence-electron chi connectivity index (χ4n) is 0. The minimum absolute atomic E-state index is 0. The van der Waals surface area contributed by atoms with Gasteiger partial charge in [0.25, 0.3) is 0 Å². The van der Waals surface area contributed by atoms with E-state index >= 15 is 0 Å². The Morgan fingerprint density at radius 2 is 1.33 bits per heavy atom. The molecule has 0 atom stereocenters. The molecule has 0 spiro atoms. The van der Waals surface area contributed by atoms with E-state index in [1.807, 2.05) is 0 Å². The molecular weight excluding hydrogens is 216 g/mol. The standard InChI is InChI=1S/CH2O3.Ce.H2O/c2-1(3)4;;/h(H2,2,3,4);;1H2/q;+3;/p-3. The van der Waals surface area contributed by atoms with E-state index in [1.165, 1.54) is 0 Å². The molecule has 0 aliphatic heterocycles. The van der Waals surface area contributed by atoms with Crippen molar-refractivity contribution in [2.75, 3.05) is 0 Å². The second-order valence-electron chi connectivity index (χ2n) is 0.250. The fraction of sp³-hybridized carbons (Fsp3) is 0. The van der Waals surface area contributed by atoms with Gasteiger partial charge in [-0.25, -0.2) is 0 Å². The van der Waals surface area contributed by atoms with Crippen molar-refractivity contribution in [3.05, 3.63) is 0 Å². The zero-order chi connectivity index (χ0) is 3.58. The van der Waals surface area contributed by atoms with Crippen molar-refractivity contribution in [2.24, 2.45) is 0 Å². The number of hydrogen-bond donors (Lipinski definition) is 0. The maximum Gasteiger partial charge on any atom is 3.00 e. The summed E-state index contributed by atoms with van der Waals surface area (Å²) in [4.78, 5) is 8.33. The van der Waals surface area contributed by atoms with Crippen LogP contribution in [0.15, 0.2) is 0 Å². The predicted molar refractivity (Wildman–Crippen MR) is 7.33 cm³/mol. The third kappa shape index (κ3) is 163. The van der Waals surface area contributed by atoms with Crippen molar-refractivity contribution in [3.63, 3.8) is 0 Å². The molecule has 0 aromatic rings.